The zero-order valence-corrected chi connectivity index (χ0v) is 18.2. The van der Waals surface area contributed by atoms with Crippen molar-refractivity contribution in [3.8, 4) is 5.75 Å². The lowest BCUT2D eigenvalue weighted by Crippen LogP contribution is -2.47. The summed E-state index contributed by atoms with van der Waals surface area (Å²) in [5.74, 6) is -0.0106. The van der Waals surface area contributed by atoms with E-state index in [2.05, 4.69) is 41.5 Å². The van der Waals surface area contributed by atoms with Crippen LogP contribution in [0.3, 0.4) is 0 Å². The molecular formula is C24H33N3O3. The maximum atomic E-state index is 12.4. The van der Waals surface area contributed by atoms with Gasteiger partial charge in [-0.1, -0.05) is 56.3 Å². The number of hydrogen-bond donors (Lipinski definition) is 2. The third-order valence-electron chi connectivity index (χ3n) is 5.02. The third-order valence-corrected chi connectivity index (χ3v) is 5.02. The van der Waals surface area contributed by atoms with Crippen LogP contribution in [0.2, 0.25) is 0 Å². The van der Waals surface area contributed by atoms with Crippen LogP contribution in [0, 0.1) is 0 Å². The Bertz CT molecular complexity index is 791. The van der Waals surface area contributed by atoms with E-state index in [4.69, 9.17) is 4.74 Å². The molecule has 2 rings (SSSR count). The number of amides is 2. The van der Waals surface area contributed by atoms with Crippen LogP contribution in [0.4, 0.5) is 0 Å². The molecule has 0 radical (unpaired) electrons. The highest BCUT2D eigenvalue weighted by Crippen LogP contribution is 2.17. The van der Waals surface area contributed by atoms with Crippen molar-refractivity contribution in [2.75, 3.05) is 32.8 Å². The minimum absolute atomic E-state index is 0.0738. The molecule has 0 saturated carbocycles. The van der Waals surface area contributed by atoms with E-state index in [9.17, 15) is 9.59 Å². The summed E-state index contributed by atoms with van der Waals surface area (Å²) in [4.78, 5) is 27.2. The summed E-state index contributed by atoms with van der Waals surface area (Å²) in [7, 11) is 0. The molecule has 6 nitrogen and oxygen atoms in total. The predicted molar refractivity (Wildman–Crippen MR) is 120 cm³/mol. The molecule has 2 aromatic rings. The molecule has 2 amide bonds. The van der Waals surface area contributed by atoms with Gasteiger partial charge in [0.2, 0.25) is 5.91 Å². The van der Waals surface area contributed by atoms with Gasteiger partial charge in [-0.15, -0.1) is 0 Å². The maximum absolute atomic E-state index is 12.4. The molecule has 162 valence electrons. The Morgan fingerprint density at radius 2 is 1.60 bits per heavy atom. The lowest BCUT2D eigenvalue weighted by molar-refractivity contribution is -0.120. The Morgan fingerprint density at radius 3 is 2.27 bits per heavy atom. The normalized spacial score (nSPS) is 11.7. The quantitative estimate of drug-likeness (QED) is 0.563. The largest absolute Gasteiger partial charge is 0.493 e. The predicted octanol–water partition coefficient (Wildman–Crippen LogP) is 2.88. The van der Waals surface area contributed by atoms with Crippen molar-refractivity contribution in [2.24, 2.45) is 0 Å². The Hall–Kier alpha value is -2.86. The zero-order valence-electron chi connectivity index (χ0n) is 18.2. The Morgan fingerprint density at radius 1 is 0.933 bits per heavy atom. The number of para-hydroxylation sites is 1. The second-order valence-corrected chi connectivity index (χ2v) is 6.98. The smallest absolute Gasteiger partial charge is 0.255 e. The minimum Gasteiger partial charge on any atom is -0.493 e. The number of carbonyl (C=O) groups excluding carboxylic acids is 2. The molecule has 0 aliphatic carbocycles. The monoisotopic (exact) mass is 411 g/mol. The van der Waals surface area contributed by atoms with Gasteiger partial charge in [0.1, 0.15) is 5.75 Å². The Labute approximate surface area is 179 Å². The highest BCUT2D eigenvalue weighted by Gasteiger charge is 2.18. The number of nitrogens with zero attached hydrogens (tertiary/aromatic N) is 1. The number of carbonyl (C=O) groups is 2. The first-order chi connectivity index (χ1) is 14.6. The fourth-order valence-electron chi connectivity index (χ4n) is 3.44. The van der Waals surface area contributed by atoms with E-state index < -0.39 is 0 Å². The topological polar surface area (TPSA) is 70.7 Å². The van der Waals surface area contributed by atoms with Crippen molar-refractivity contribution in [1.82, 2.24) is 15.5 Å². The molecule has 1 unspecified atom stereocenters. The van der Waals surface area contributed by atoms with Crippen molar-refractivity contribution in [1.29, 1.82) is 0 Å². The van der Waals surface area contributed by atoms with Crippen LogP contribution < -0.4 is 15.4 Å². The summed E-state index contributed by atoms with van der Waals surface area (Å²) in [5, 5.41) is 5.66. The lowest BCUT2D eigenvalue weighted by atomic mass is 10.0. The van der Waals surface area contributed by atoms with Crippen LogP contribution in [0.5, 0.6) is 5.75 Å². The molecule has 0 fully saturated rings. The molecule has 2 aromatic carbocycles. The van der Waals surface area contributed by atoms with Crippen LogP contribution in [-0.2, 0) is 11.2 Å². The number of ether oxygens (including phenoxy) is 1. The molecule has 0 aromatic heterocycles. The van der Waals surface area contributed by atoms with Crippen LogP contribution in [-0.4, -0.2) is 55.5 Å². The average molecular weight is 412 g/mol. The summed E-state index contributed by atoms with van der Waals surface area (Å²) in [5.41, 5.74) is 1.67. The van der Waals surface area contributed by atoms with Gasteiger partial charge in [0.15, 0.2) is 0 Å². The van der Waals surface area contributed by atoms with Crippen molar-refractivity contribution >= 4 is 11.8 Å². The Balaban J connectivity index is 1.90. The van der Waals surface area contributed by atoms with E-state index in [0.717, 1.165) is 19.5 Å². The molecule has 0 heterocycles. The van der Waals surface area contributed by atoms with Crippen molar-refractivity contribution in [2.45, 2.75) is 33.2 Å². The second kappa shape index (κ2) is 12.6. The van der Waals surface area contributed by atoms with Gasteiger partial charge in [0.05, 0.1) is 18.7 Å². The standard InChI is InChI=1S/C24H33N3O3/c1-4-27(5-2)20(16-19-12-8-7-9-13-19)17-25-23(28)18-26-24(29)21-14-10-11-15-22(21)30-6-3/h7-15,20H,4-6,16-18H2,1-3H3,(H,25,28)(H,26,29). The molecule has 2 N–H and O–H groups in total. The molecule has 0 bridgehead atoms. The first-order valence-electron chi connectivity index (χ1n) is 10.6. The fourth-order valence-corrected chi connectivity index (χ4v) is 3.44. The number of likely N-dealkylation sites (N-methyl/N-ethyl adjacent to an activating group) is 1. The highest BCUT2D eigenvalue weighted by molar-refractivity contribution is 5.98. The highest BCUT2D eigenvalue weighted by atomic mass is 16.5. The second-order valence-electron chi connectivity index (χ2n) is 6.98. The molecule has 6 heteroatoms. The van der Waals surface area contributed by atoms with Crippen molar-refractivity contribution in [3.63, 3.8) is 0 Å². The van der Waals surface area contributed by atoms with Gasteiger partial charge in [-0.25, -0.2) is 0 Å². The van der Waals surface area contributed by atoms with Gasteiger partial charge >= 0.3 is 0 Å². The zero-order chi connectivity index (χ0) is 21.8. The van der Waals surface area contributed by atoms with Crippen molar-refractivity contribution < 1.29 is 14.3 Å². The minimum atomic E-state index is -0.321. The third kappa shape index (κ3) is 7.19. The number of benzene rings is 2. The van der Waals surface area contributed by atoms with Gasteiger partial charge < -0.3 is 15.4 Å². The average Bonchev–Trinajstić information content (AvgIpc) is 2.77. The van der Waals surface area contributed by atoms with Gasteiger partial charge in [-0.3, -0.25) is 14.5 Å². The summed E-state index contributed by atoms with van der Waals surface area (Å²) >= 11 is 0. The van der Waals surface area contributed by atoms with E-state index in [1.165, 1.54) is 5.56 Å². The van der Waals surface area contributed by atoms with E-state index in [0.29, 0.717) is 24.5 Å². The lowest BCUT2D eigenvalue weighted by Gasteiger charge is -2.30. The van der Waals surface area contributed by atoms with Gasteiger partial charge in [-0.2, -0.15) is 0 Å². The van der Waals surface area contributed by atoms with Crippen LogP contribution >= 0.6 is 0 Å². The van der Waals surface area contributed by atoms with Crippen LogP contribution in [0.1, 0.15) is 36.7 Å². The molecule has 30 heavy (non-hydrogen) atoms. The maximum Gasteiger partial charge on any atom is 0.255 e. The van der Waals surface area contributed by atoms with E-state index in [1.807, 2.05) is 31.2 Å². The summed E-state index contributed by atoms with van der Waals surface area (Å²) in [6.07, 6.45) is 0.858. The van der Waals surface area contributed by atoms with Gasteiger partial charge in [-0.05, 0) is 44.1 Å². The van der Waals surface area contributed by atoms with Crippen LogP contribution in [0.25, 0.3) is 0 Å². The van der Waals surface area contributed by atoms with Crippen LogP contribution in [0.15, 0.2) is 54.6 Å². The first kappa shape index (κ1) is 23.4. The summed E-state index contributed by atoms with van der Waals surface area (Å²) in [6, 6.07) is 17.5. The SMILES string of the molecule is CCOc1ccccc1C(=O)NCC(=O)NCC(Cc1ccccc1)N(CC)CC. The summed E-state index contributed by atoms with van der Waals surface area (Å²) < 4.78 is 5.48. The number of rotatable bonds is 12. The summed E-state index contributed by atoms with van der Waals surface area (Å²) in [6.45, 7) is 8.86. The molecule has 0 aliphatic heterocycles. The molecule has 0 saturated heterocycles. The van der Waals surface area contributed by atoms with E-state index >= 15 is 0 Å². The number of hydrogen-bond acceptors (Lipinski definition) is 4. The van der Waals surface area contributed by atoms with E-state index in [1.54, 1.807) is 18.2 Å². The van der Waals surface area contributed by atoms with Crippen molar-refractivity contribution in [3.05, 3.63) is 65.7 Å². The van der Waals surface area contributed by atoms with E-state index in [-0.39, 0.29) is 24.4 Å². The Kier molecular flexibility index (Phi) is 9.87. The fraction of sp³-hybridized carbons (Fsp3) is 0.417. The molecule has 0 aliphatic rings. The number of nitrogens with one attached hydrogen (secondary N) is 2. The van der Waals surface area contributed by atoms with Gasteiger partial charge in [0, 0.05) is 12.6 Å². The molecule has 1 atom stereocenters. The molecular weight excluding hydrogens is 378 g/mol. The molecule has 0 spiro atoms. The first-order valence-corrected chi connectivity index (χ1v) is 10.6. The van der Waals surface area contributed by atoms with Gasteiger partial charge in [0.25, 0.3) is 5.91 Å².